The van der Waals surface area contributed by atoms with Crippen molar-refractivity contribution in [1.82, 2.24) is 5.32 Å². The number of furan rings is 1. The first-order valence-corrected chi connectivity index (χ1v) is 4.62. The van der Waals surface area contributed by atoms with Crippen LogP contribution in [0.5, 0.6) is 0 Å². The number of amides is 1. The van der Waals surface area contributed by atoms with Gasteiger partial charge in [-0.05, 0) is 20.0 Å². The number of anilines is 1. The monoisotopic (exact) mass is 196 g/mol. The zero-order chi connectivity index (χ0) is 10.6. The second kappa shape index (κ2) is 4.81. The number of rotatable bonds is 4. The van der Waals surface area contributed by atoms with Crippen molar-refractivity contribution >= 4 is 11.8 Å². The molecule has 0 saturated carbocycles. The molecule has 1 N–H and O–H groups in total. The SMILES string of the molecule is CNCCC(=O)N(C)c1ccc(C)o1. The molecule has 0 aromatic carbocycles. The topological polar surface area (TPSA) is 45.5 Å². The van der Waals surface area contributed by atoms with Gasteiger partial charge in [-0.15, -0.1) is 0 Å². The van der Waals surface area contributed by atoms with Gasteiger partial charge in [0.1, 0.15) is 5.76 Å². The minimum absolute atomic E-state index is 0.0497. The van der Waals surface area contributed by atoms with Crippen molar-refractivity contribution in [3.63, 3.8) is 0 Å². The van der Waals surface area contributed by atoms with Crippen LogP contribution in [0.4, 0.5) is 5.88 Å². The first-order valence-electron chi connectivity index (χ1n) is 4.62. The summed E-state index contributed by atoms with van der Waals surface area (Å²) in [7, 11) is 3.54. The lowest BCUT2D eigenvalue weighted by Gasteiger charge is -2.13. The van der Waals surface area contributed by atoms with Gasteiger partial charge in [-0.25, -0.2) is 0 Å². The fourth-order valence-electron chi connectivity index (χ4n) is 1.12. The summed E-state index contributed by atoms with van der Waals surface area (Å²) in [6.07, 6.45) is 0.479. The fraction of sp³-hybridized carbons (Fsp3) is 0.500. The molecule has 4 heteroatoms. The van der Waals surface area contributed by atoms with Gasteiger partial charge in [-0.2, -0.15) is 0 Å². The van der Waals surface area contributed by atoms with E-state index in [1.165, 1.54) is 4.90 Å². The van der Waals surface area contributed by atoms with Crippen LogP contribution >= 0.6 is 0 Å². The van der Waals surface area contributed by atoms with Crippen LogP contribution in [0.25, 0.3) is 0 Å². The van der Waals surface area contributed by atoms with E-state index in [0.717, 1.165) is 5.76 Å². The maximum atomic E-state index is 11.5. The summed E-state index contributed by atoms with van der Waals surface area (Å²) < 4.78 is 5.33. The summed E-state index contributed by atoms with van der Waals surface area (Å²) in [5, 5.41) is 2.93. The predicted molar refractivity (Wildman–Crippen MR) is 55.4 cm³/mol. The van der Waals surface area contributed by atoms with E-state index in [2.05, 4.69) is 5.32 Å². The Labute approximate surface area is 83.9 Å². The highest BCUT2D eigenvalue weighted by Crippen LogP contribution is 2.16. The Morgan fingerprint density at radius 3 is 2.79 bits per heavy atom. The highest BCUT2D eigenvalue weighted by Gasteiger charge is 2.12. The molecule has 1 heterocycles. The summed E-state index contributed by atoms with van der Waals surface area (Å²) in [6.45, 7) is 2.54. The van der Waals surface area contributed by atoms with Crippen molar-refractivity contribution in [1.29, 1.82) is 0 Å². The maximum Gasteiger partial charge on any atom is 0.230 e. The molecule has 0 unspecified atom stereocenters. The number of carbonyl (C=O) groups is 1. The number of aryl methyl sites for hydroxylation is 1. The van der Waals surface area contributed by atoms with E-state index in [0.29, 0.717) is 18.8 Å². The summed E-state index contributed by atoms with van der Waals surface area (Å²) in [5.74, 6) is 1.46. The van der Waals surface area contributed by atoms with Crippen LogP contribution < -0.4 is 10.2 Å². The molecule has 78 valence electrons. The van der Waals surface area contributed by atoms with E-state index >= 15 is 0 Å². The summed E-state index contributed by atoms with van der Waals surface area (Å²) in [6, 6.07) is 3.64. The van der Waals surface area contributed by atoms with Crippen LogP contribution in [-0.4, -0.2) is 26.5 Å². The summed E-state index contributed by atoms with van der Waals surface area (Å²) in [5.41, 5.74) is 0. The van der Waals surface area contributed by atoms with Crippen molar-refractivity contribution in [2.45, 2.75) is 13.3 Å². The van der Waals surface area contributed by atoms with Crippen LogP contribution in [0.1, 0.15) is 12.2 Å². The Kier molecular flexibility index (Phi) is 3.71. The normalized spacial score (nSPS) is 10.2. The molecule has 1 amide bonds. The second-order valence-electron chi connectivity index (χ2n) is 3.19. The van der Waals surface area contributed by atoms with E-state index in [1.54, 1.807) is 13.1 Å². The van der Waals surface area contributed by atoms with Crippen molar-refractivity contribution in [2.24, 2.45) is 0 Å². The Balaban J connectivity index is 2.56. The van der Waals surface area contributed by atoms with Gasteiger partial charge in [0.15, 0.2) is 0 Å². The lowest BCUT2D eigenvalue weighted by atomic mass is 10.3. The Morgan fingerprint density at radius 1 is 1.57 bits per heavy atom. The van der Waals surface area contributed by atoms with Gasteiger partial charge in [0, 0.05) is 26.1 Å². The van der Waals surface area contributed by atoms with Crippen molar-refractivity contribution in [2.75, 3.05) is 25.5 Å². The zero-order valence-electron chi connectivity index (χ0n) is 8.83. The quantitative estimate of drug-likeness (QED) is 0.786. The van der Waals surface area contributed by atoms with Crippen LogP contribution in [0, 0.1) is 6.92 Å². The van der Waals surface area contributed by atoms with E-state index in [9.17, 15) is 4.79 Å². The minimum Gasteiger partial charge on any atom is -0.445 e. The largest absolute Gasteiger partial charge is 0.445 e. The molecule has 14 heavy (non-hydrogen) atoms. The fourth-order valence-corrected chi connectivity index (χ4v) is 1.12. The van der Waals surface area contributed by atoms with E-state index < -0.39 is 0 Å². The molecule has 1 rings (SSSR count). The molecule has 0 spiro atoms. The van der Waals surface area contributed by atoms with Crippen molar-refractivity contribution in [3.8, 4) is 0 Å². The molecular weight excluding hydrogens is 180 g/mol. The molecule has 0 bridgehead atoms. The van der Waals surface area contributed by atoms with Crippen LogP contribution in [0.2, 0.25) is 0 Å². The van der Waals surface area contributed by atoms with Gasteiger partial charge in [0.2, 0.25) is 11.8 Å². The zero-order valence-corrected chi connectivity index (χ0v) is 8.83. The van der Waals surface area contributed by atoms with Gasteiger partial charge in [0.05, 0.1) is 0 Å². The van der Waals surface area contributed by atoms with Gasteiger partial charge in [-0.3, -0.25) is 9.69 Å². The number of nitrogens with one attached hydrogen (secondary N) is 1. The van der Waals surface area contributed by atoms with E-state index in [1.807, 2.05) is 20.0 Å². The van der Waals surface area contributed by atoms with Crippen LogP contribution in [-0.2, 0) is 4.79 Å². The third kappa shape index (κ3) is 2.60. The minimum atomic E-state index is 0.0497. The van der Waals surface area contributed by atoms with Crippen LogP contribution in [0.3, 0.4) is 0 Å². The first kappa shape index (κ1) is 10.8. The van der Waals surface area contributed by atoms with E-state index in [-0.39, 0.29) is 5.91 Å². The molecule has 4 nitrogen and oxygen atoms in total. The van der Waals surface area contributed by atoms with Gasteiger partial charge in [0.25, 0.3) is 0 Å². The lowest BCUT2D eigenvalue weighted by molar-refractivity contribution is -0.118. The molecule has 0 atom stereocenters. The summed E-state index contributed by atoms with van der Waals surface area (Å²) >= 11 is 0. The highest BCUT2D eigenvalue weighted by molar-refractivity contribution is 5.91. The van der Waals surface area contributed by atoms with Gasteiger partial charge >= 0.3 is 0 Å². The average molecular weight is 196 g/mol. The second-order valence-corrected chi connectivity index (χ2v) is 3.19. The molecule has 0 aliphatic rings. The Hall–Kier alpha value is -1.29. The third-order valence-electron chi connectivity index (χ3n) is 2.02. The Bertz CT molecular complexity index is 307. The third-order valence-corrected chi connectivity index (χ3v) is 2.02. The molecule has 0 fully saturated rings. The van der Waals surface area contributed by atoms with E-state index in [4.69, 9.17) is 4.42 Å². The lowest BCUT2D eigenvalue weighted by Crippen LogP contribution is -2.28. The molecule has 0 radical (unpaired) electrons. The standard InChI is InChI=1S/C10H16N2O2/c1-8-4-5-10(14-8)12(3)9(13)6-7-11-2/h4-5,11H,6-7H2,1-3H3. The van der Waals surface area contributed by atoms with Crippen molar-refractivity contribution < 1.29 is 9.21 Å². The smallest absolute Gasteiger partial charge is 0.230 e. The number of hydrogen-bond acceptors (Lipinski definition) is 3. The molecular formula is C10H16N2O2. The molecule has 0 aliphatic carbocycles. The van der Waals surface area contributed by atoms with Crippen LogP contribution in [0.15, 0.2) is 16.5 Å². The molecule has 0 saturated heterocycles. The van der Waals surface area contributed by atoms with Gasteiger partial charge in [-0.1, -0.05) is 0 Å². The number of nitrogens with zero attached hydrogens (tertiary/aromatic N) is 1. The number of carbonyl (C=O) groups excluding carboxylic acids is 1. The molecule has 0 aliphatic heterocycles. The predicted octanol–water partition coefficient (Wildman–Crippen LogP) is 1.16. The average Bonchev–Trinajstić information content (AvgIpc) is 2.60. The first-order chi connectivity index (χ1) is 6.65. The summed E-state index contributed by atoms with van der Waals surface area (Å²) in [4.78, 5) is 13.1. The van der Waals surface area contributed by atoms with Gasteiger partial charge < -0.3 is 9.73 Å². The number of hydrogen-bond donors (Lipinski definition) is 1. The molecule has 1 aromatic heterocycles. The van der Waals surface area contributed by atoms with Crippen molar-refractivity contribution in [3.05, 3.63) is 17.9 Å². The Morgan fingerprint density at radius 2 is 2.29 bits per heavy atom. The molecule has 1 aromatic rings. The maximum absolute atomic E-state index is 11.5. The highest BCUT2D eigenvalue weighted by atomic mass is 16.4.